The van der Waals surface area contributed by atoms with Crippen LogP contribution >= 0.6 is 0 Å². The van der Waals surface area contributed by atoms with Gasteiger partial charge >= 0.3 is 0 Å². The van der Waals surface area contributed by atoms with Gasteiger partial charge in [-0.25, -0.2) is 0 Å². The molecule has 1 fully saturated rings. The van der Waals surface area contributed by atoms with Crippen molar-refractivity contribution in [2.24, 2.45) is 15.9 Å². The maximum absolute atomic E-state index is 14.2. The van der Waals surface area contributed by atoms with Crippen LogP contribution in [-0.2, 0) is 24.0 Å². The molecule has 6 heterocycles. The summed E-state index contributed by atoms with van der Waals surface area (Å²) in [7, 11) is 5.20. The lowest BCUT2D eigenvalue weighted by Crippen LogP contribution is -2.53. The monoisotopic (exact) mass is 1160 g/mol. The number of unbranched alkanes of at least 4 members (excludes halogenated alkanes) is 2. The molecule has 4 aromatic carbocycles. The van der Waals surface area contributed by atoms with Gasteiger partial charge in [0, 0.05) is 119 Å². The third kappa shape index (κ3) is 13.5. The molecule has 6 aliphatic heterocycles. The van der Waals surface area contributed by atoms with E-state index in [2.05, 4.69) is 57.1 Å². The molecule has 0 spiro atoms. The van der Waals surface area contributed by atoms with Crippen molar-refractivity contribution in [3.05, 3.63) is 120 Å². The van der Waals surface area contributed by atoms with E-state index in [9.17, 15) is 33.6 Å². The second-order valence-corrected chi connectivity index (χ2v) is 22.3. The first kappa shape index (κ1) is 59.1. The summed E-state index contributed by atoms with van der Waals surface area (Å²) in [6.45, 7) is 10.0. The number of aliphatic imine (C=N–C) groups is 2. The van der Waals surface area contributed by atoms with Crippen molar-refractivity contribution in [1.82, 2.24) is 30.2 Å². The molecule has 1 saturated heterocycles. The number of fused-ring (bicyclic) bond motifs is 4. The van der Waals surface area contributed by atoms with Crippen molar-refractivity contribution in [3.63, 3.8) is 0 Å². The molecule has 0 radical (unpaired) electrons. The number of methoxy groups -OCH3 is 2. The van der Waals surface area contributed by atoms with Gasteiger partial charge in [-0.2, -0.15) is 0 Å². The number of hydrogen-bond donors (Lipinski definition) is 3. The summed E-state index contributed by atoms with van der Waals surface area (Å²) in [5.74, 6) is -0.961. The smallest absolute Gasteiger partial charge is 0.260 e. The average Bonchev–Trinajstić information content (AvgIpc) is 2.83. The molecule has 0 unspecified atom stereocenters. The quantitative estimate of drug-likeness (QED) is 0.0489. The van der Waals surface area contributed by atoms with Crippen molar-refractivity contribution in [1.29, 1.82) is 0 Å². The summed E-state index contributed by atoms with van der Waals surface area (Å²) >= 11 is 0. The molecule has 0 aliphatic carbocycles. The third-order valence-electron chi connectivity index (χ3n) is 16.1. The minimum absolute atomic E-state index is 0.161. The highest BCUT2D eigenvalue weighted by Crippen LogP contribution is 2.42. The number of carbonyl (C=O) groups is 7. The van der Waals surface area contributed by atoms with E-state index in [0.29, 0.717) is 89.7 Å². The largest absolute Gasteiger partial charge is 0.493 e. The van der Waals surface area contributed by atoms with Gasteiger partial charge in [-0.3, -0.25) is 48.4 Å². The Bertz CT molecular complexity index is 3380. The first-order valence-electron chi connectivity index (χ1n) is 29.0. The Balaban J connectivity index is 0.682. The predicted molar refractivity (Wildman–Crippen MR) is 323 cm³/mol. The van der Waals surface area contributed by atoms with E-state index < -0.39 is 23.9 Å². The lowest BCUT2D eigenvalue weighted by molar-refractivity contribution is -0.137. The highest BCUT2D eigenvalue weighted by atomic mass is 16.5. The molecule has 4 atom stereocenters. The van der Waals surface area contributed by atoms with Crippen molar-refractivity contribution in [2.75, 3.05) is 77.4 Å². The Morgan fingerprint density at radius 2 is 1.15 bits per heavy atom. The third-order valence-corrected chi connectivity index (χ3v) is 16.1. The zero-order valence-electron chi connectivity index (χ0n) is 48.8. The van der Waals surface area contributed by atoms with Gasteiger partial charge in [0.25, 0.3) is 23.6 Å². The maximum atomic E-state index is 14.2. The van der Waals surface area contributed by atoms with E-state index in [1.807, 2.05) is 30.7 Å². The number of imide groups is 1. The van der Waals surface area contributed by atoms with Crippen LogP contribution in [-0.4, -0.2) is 165 Å². The molecule has 4 aromatic rings. The van der Waals surface area contributed by atoms with Gasteiger partial charge < -0.3 is 54.5 Å². The fourth-order valence-corrected chi connectivity index (χ4v) is 11.1. The van der Waals surface area contributed by atoms with Crippen LogP contribution in [0.2, 0.25) is 0 Å². The highest BCUT2D eigenvalue weighted by Gasteiger charge is 2.36. The minimum atomic E-state index is -0.925. The van der Waals surface area contributed by atoms with E-state index >= 15 is 0 Å². The van der Waals surface area contributed by atoms with E-state index in [1.165, 1.54) is 37.0 Å². The number of benzene rings is 4. The minimum Gasteiger partial charge on any atom is -0.493 e. The summed E-state index contributed by atoms with van der Waals surface area (Å²) < 4.78 is 23.8. The van der Waals surface area contributed by atoms with Crippen molar-refractivity contribution >= 4 is 87.7 Å². The zero-order chi connectivity index (χ0) is 59.9. The number of likely N-dealkylation sites (N-methyl/N-ethyl adjacent to an activating group) is 1. The van der Waals surface area contributed by atoms with Gasteiger partial charge in [0.1, 0.15) is 12.1 Å². The maximum Gasteiger partial charge on any atom is 0.260 e. The molecular formula is C64H72N10O11. The number of anilines is 2. The van der Waals surface area contributed by atoms with E-state index in [0.717, 1.165) is 48.5 Å². The summed E-state index contributed by atoms with van der Waals surface area (Å²) in [5.41, 5.74) is 7.33. The van der Waals surface area contributed by atoms with E-state index in [4.69, 9.17) is 28.9 Å². The van der Waals surface area contributed by atoms with Crippen LogP contribution < -0.4 is 39.8 Å². The van der Waals surface area contributed by atoms with Crippen molar-refractivity contribution < 1.29 is 52.5 Å². The Kier molecular flexibility index (Phi) is 18.2. The number of carbonyl (C=O) groups excluding carboxylic acids is 7. The second kappa shape index (κ2) is 26.2. The average molecular weight is 1160 g/mol. The van der Waals surface area contributed by atoms with E-state index in [-0.39, 0.29) is 73.7 Å². The first-order chi connectivity index (χ1) is 41.0. The zero-order valence-corrected chi connectivity index (χ0v) is 48.8. The van der Waals surface area contributed by atoms with Crippen LogP contribution in [0.5, 0.6) is 23.0 Å². The fraction of sp³-hybridized carbons (Fsp3) is 0.391. The molecule has 6 aliphatic rings. The SMILES string of the molecule is COc1cc2c(cc1OCCCOc1cc3c(cc1OC)C(=O)N1C=C(c4ccc(N5CCN(C)CC5)cc4)C[C@H]1C=N3)N=C[C@@H]1CC(c3ccc(NC(=O)[C@@H](C)NC(=O)[C@@H](NC(=O)CCCCCN4C(=O)C=CC4=O)C(C)C)cc3)=CN1C2=O. The van der Waals surface area contributed by atoms with Crippen LogP contribution in [0.15, 0.2) is 107 Å². The number of piperazine rings is 1. The van der Waals surface area contributed by atoms with Crippen LogP contribution in [0.1, 0.15) is 97.6 Å². The van der Waals surface area contributed by atoms with Gasteiger partial charge in [-0.15, -0.1) is 0 Å². The molecule has 0 bridgehead atoms. The Hall–Kier alpha value is -9.11. The molecule has 0 aromatic heterocycles. The summed E-state index contributed by atoms with van der Waals surface area (Å²) in [6, 6.07) is 20.2. The van der Waals surface area contributed by atoms with Crippen LogP contribution in [0.4, 0.5) is 22.7 Å². The van der Waals surface area contributed by atoms with Gasteiger partial charge in [0.2, 0.25) is 17.7 Å². The number of amides is 7. The molecule has 444 valence electrons. The number of hydrogen-bond acceptors (Lipinski definition) is 15. The summed E-state index contributed by atoms with van der Waals surface area (Å²) in [6.07, 6.45) is 13.3. The first-order valence-corrected chi connectivity index (χ1v) is 29.0. The molecule has 21 heteroatoms. The number of rotatable bonds is 23. The predicted octanol–water partition coefficient (Wildman–Crippen LogP) is 7.32. The van der Waals surface area contributed by atoms with Crippen molar-refractivity contribution in [3.8, 4) is 23.0 Å². The fourth-order valence-electron chi connectivity index (χ4n) is 11.1. The summed E-state index contributed by atoms with van der Waals surface area (Å²) in [4.78, 5) is 110. The normalized spacial score (nSPS) is 18.7. The molecule has 7 amide bonds. The van der Waals surface area contributed by atoms with E-state index in [1.54, 1.807) is 73.2 Å². The highest BCUT2D eigenvalue weighted by molar-refractivity contribution is 6.13. The topological polar surface area (TPSA) is 233 Å². The molecule has 85 heavy (non-hydrogen) atoms. The standard InChI is InChI=1S/C64H72N10O11/c1-39(2)60(69-57(75)11-8-7-9-22-72-58(76)20-21-59(72)77)62(79)67-40(3)61(78)68-45-16-12-41(13-17-45)43-29-47-35-65-51-33-55(53(82-5)31-49(51)63(80)73(47)37-43)84-27-10-28-85-56-34-52-50(32-54(56)83-6)64(81)74-38-44(30-48(74)36-66-52)42-14-18-46(19-15-42)71-25-23-70(4)24-26-71/h12-21,31-40,47-48,60H,7-11,22-30H2,1-6H3,(H,67,79)(H,68,78)(H,69,75)/t40-,47+,48+,60+/m1/s1. The lowest BCUT2D eigenvalue weighted by atomic mass is 10.0. The Morgan fingerprint density at radius 3 is 1.67 bits per heavy atom. The Morgan fingerprint density at radius 1 is 0.624 bits per heavy atom. The van der Waals surface area contributed by atoms with Gasteiger partial charge in [-0.1, -0.05) is 44.5 Å². The van der Waals surface area contributed by atoms with Crippen LogP contribution in [0.25, 0.3) is 11.1 Å². The van der Waals surface area contributed by atoms with Gasteiger partial charge in [0.15, 0.2) is 23.0 Å². The summed E-state index contributed by atoms with van der Waals surface area (Å²) in [5, 5.41) is 8.35. The molecular weight excluding hydrogens is 1080 g/mol. The second-order valence-electron chi connectivity index (χ2n) is 22.3. The molecule has 21 nitrogen and oxygen atoms in total. The molecule has 0 saturated carbocycles. The van der Waals surface area contributed by atoms with Crippen LogP contribution in [0, 0.1) is 5.92 Å². The lowest BCUT2D eigenvalue weighted by Gasteiger charge is -2.34. The van der Waals surface area contributed by atoms with Gasteiger partial charge in [-0.05, 0) is 91.4 Å². The van der Waals surface area contributed by atoms with Gasteiger partial charge in [0.05, 0.1) is 62.0 Å². The molecule has 3 N–H and O–H groups in total. The number of nitrogens with one attached hydrogen (secondary N) is 3. The Labute approximate surface area is 494 Å². The number of nitrogens with zero attached hydrogens (tertiary/aromatic N) is 7. The van der Waals surface area contributed by atoms with Crippen molar-refractivity contribution in [2.45, 2.75) is 89.9 Å². The molecule has 10 rings (SSSR count). The van der Waals surface area contributed by atoms with Crippen LogP contribution in [0.3, 0.4) is 0 Å². The number of ether oxygens (including phenoxy) is 4.